The average Bonchev–Trinajstić information content (AvgIpc) is 3.38. The van der Waals surface area contributed by atoms with Crippen molar-refractivity contribution in [1.29, 1.82) is 0 Å². The van der Waals surface area contributed by atoms with Crippen LogP contribution in [0.3, 0.4) is 0 Å². The van der Waals surface area contributed by atoms with Gasteiger partial charge in [0.05, 0.1) is 4.92 Å². The number of nitrogens with zero attached hydrogens (tertiary/aromatic N) is 5. The Kier molecular flexibility index (Phi) is 5.19. The Labute approximate surface area is 167 Å². The Morgan fingerprint density at radius 1 is 1.17 bits per heavy atom. The SMILES string of the molecule is Cc1cc(Nc2nc(C=Cc3ccccc3)nc(N3CCCC3)c2[N+](=O)[O-])n[nH]1. The molecule has 0 bridgehead atoms. The van der Waals surface area contributed by atoms with Crippen LogP contribution < -0.4 is 10.2 Å². The number of rotatable bonds is 6. The van der Waals surface area contributed by atoms with Crippen LogP contribution in [0.15, 0.2) is 36.4 Å². The first-order chi connectivity index (χ1) is 14.1. The summed E-state index contributed by atoms with van der Waals surface area (Å²) in [6.07, 6.45) is 5.62. The molecule has 0 saturated carbocycles. The molecule has 3 heterocycles. The van der Waals surface area contributed by atoms with Crippen LogP contribution in [0.1, 0.15) is 29.9 Å². The summed E-state index contributed by atoms with van der Waals surface area (Å²) in [7, 11) is 0. The Morgan fingerprint density at radius 3 is 2.59 bits per heavy atom. The maximum absolute atomic E-state index is 11.9. The second-order valence-electron chi connectivity index (χ2n) is 6.86. The molecule has 1 fully saturated rings. The third-order valence-corrected chi connectivity index (χ3v) is 4.65. The van der Waals surface area contributed by atoms with Crippen molar-refractivity contribution >= 4 is 35.3 Å². The Balaban J connectivity index is 1.78. The molecular weight excluding hydrogens is 370 g/mol. The molecule has 1 aromatic carbocycles. The van der Waals surface area contributed by atoms with Crippen molar-refractivity contribution in [2.24, 2.45) is 0 Å². The van der Waals surface area contributed by atoms with E-state index in [4.69, 9.17) is 0 Å². The number of H-pyrrole nitrogens is 1. The van der Waals surface area contributed by atoms with E-state index in [0.717, 1.165) is 37.2 Å². The molecule has 2 aromatic heterocycles. The second-order valence-corrected chi connectivity index (χ2v) is 6.86. The molecule has 1 aliphatic heterocycles. The van der Waals surface area contributed by atoms with Crippen molar-refractivity contribution in [2.45, 2.75) is 19.8 Å². The monoisotopic (exact) mass is 391 g/mol. The molecule has 3 aromatic rings. The first-order valence-corrected chi connectivity index (χ1v) is 9.44. The van der Waals surface area contributed by atoms with E-state index < -0.39 is 4.92 Å². The molecule has 9 heteroatoms. The van der Waals surface area contributed by atoms with Crippen molar-refractivity contribution in [3.63, 3.8) is 0 Å². The van der Waals surface area contributed by atoms with E-state index in [1.54, 1.807) is 12.1 Å². The summed E-state index contributed by atoms with van der Waals surface area (Å²) in [5.74, 6) is 1.34. The summed E-state index contributed by atoms with van der Waals surface area (Å²) < 4.78 is 0. The van der Waals surface area contributed by atoms with Crippen LogP contribution in [0.2, 0.25) is 0 Å². The van der Waals surface area contributed by atoms with Crippen molar-refractivity contribution in [2.75, 3.05) is 23.3 Å². The zero-order chi connectivity index (χ0) is 20.2. The van der Waals surface area contributed by atoms with Gasteiger partial charge in [-0.1, -0.05) is 36.4 Å². The molecule has 0 aliphatic carbocycles. The fourth-order valence-electron chi connectivity index (χ4n) is 3.28. The number of hydrogen-bond donors (Lipinski definition) is 2. The number of hydrogen-bond acceptors (Lipinski definition) is 7. The van der Waals surface area contributed by atoms with Gasteiger partial charge in [0.25, 0.3) is 0 Å². The molecule has 2 N–H and O–H groups in total. The summed E-state index contributed by atoms with van der Waals surface area (Å²) in [4.78, 5) is 22.3. The summed E-state index contributed by atoms with van der Waals surface area (Å²) in [6, 6.07) is 11.5. The minimum Gasteiger partial charge on any atom is -0.351 e. The van der Waals surface area contributed by atoms with Crippen molar-refractivity contribution < 1.29 is 4.92 Å². The quantitative estimate of drug-likeness (QED) is 0.483. The van der Waals surface area contributed by atoms with Crippen molar-refractivity contribution in [1.82, 2.24) is 20.2 Å². The highest BCUT2D eigenvalue weighted by atomic mass is 16.6. The lowest BCUT2D eigenvalue weighted by atomic mass is 10.2. The van der Waals surface area contributed by atoms with Gasteiger partial charge in [-0.25, -0.2) is 9.97 Å². The highest BCUT2D eigenvalue weighted by Gasteiger charge is 2.30. The predicted octanol–water partition coefficient (Wildman–Crippen LogP) is 3.93. The molecule has 29 heavy (non-hydrogen) atoms. The van der Waals surface area contributed by atoms with Gasteiger partial charge in [0.1, 0.15) is 0 Å². The summed E-state index contributed by atoms with van der Waals surface area (Å²) in [5, 5.41) is 21.8. The lowest BCUT2D eigenvalue weighted by Crippen LogP contribution is -2.22. The molecule has 0 atom stereocenters. The number of aromatic nitrogens is 4. The third-order valence-electron chi connectivity index (χ3n) is 4.65. The van der Waals surface area contributed by atoms with E-state index in [-0.39, 0.29) is 11.5 Å². The van der Waals surface area contributed by atoms with Crippen LogP contribution in [0.4, 0.5) is 23.1 Å². The topological polar surface area (TPSA) is 113 Å². The second kappa shape index (κ2) is 8.09. The number of aromatic amines is 1. The van der Waals surface area contributed by atoms with Gasteiger partial charge in [0.15, 0.2) is 11.6 Å². The number of aryl methyl sites for hydroxylation is 1. The number of nitro groups is 1. The zero-order valence-corrected chi connectivity index (χ0v) is 16.0. The highest BCUT2D eigenvalue weighted by molar-refractivity contribution is 5.77. The molecular formula is C20H21N7O2. The number of nitrogens with one attached hydrogen (secondary N) is 2. The maximum atomic E-state index is 11.9. The van der Waals surface area contributed by atoms with E-state index in [9.17, 15) is 10.1 Å². The van der Waals surface area contributed by atoms with Crippen molar-refractivity contribution in [3.05, 3.63) is 63.6 Å². The standard InChI is InChI=1S/C20H21N7O2/c1-14-13-17(25-24-14)22-19-18(27(28)29)20(26-11-5-6-12-26)23-16(21-19)10-9-15-7-3-2-4-8-15/h2-4,7-10,13H,5-6,11-12H2,1H3,(H2,21,22,23,24,25). The van der Waals surface area contributed by atoms with E-state index in [1.807, 2.05) is 48.2 Å². The van der Waals surface area contributed by atoms with Crippen molar-refractivity contribution in [3.8, 4) is 0 Å². The van der Waals surface area contributed by atoms with Gasteiger partial charge in [-0.2, -0.15) is 5.10 Å². The van der Waals surface area contributed by atoms with Crippen LogP contribution in [0, 0.1) is 17.0 Å². The molecule has 4 rings (SSSR count). The zero-order valence-electron chi connectivity index (χ0n) is 16.0. The van der Waals surface area contributed by atoms with Gasteiger partial charge in [-0.05, 0) is 31.4 Å². The van der Waals surface area contributed by atoms with Gasteiger partial charge in [0, 0.05) is 24.8 Å². The molecule has 0 unspecified atom stereocenters. The Morgan fingerprint density at radius 2 is 1.93 bits per heavy atom. The van der Waals surface area contributed by atoms with E-state index in [2.05, 4.69) is 25.5 Å². The fourth-order valence-corrected chi connectivity index (χ4v) is 3.28. The summed E-state index contributed by atoms with van der Waals surface area (Å²) in [6.45, 7) is 3.33. The van der Waals surface area contributed by atoms with Gasteiger partial charge in [-0.15, -0.1) is 0 Å². The molecule has 9 nitrogen and oxygen atoms in total. The molecule has 148 valence electrons. The van der Waals surface area contributed by atoms with Gasteiger partial charge in [-0.3, -0.25) is 15.2 Å². The highest BCUT2D eigenvalue weighted by Crippen LogP contribution is 2.36. The van der Waals surface area contributed by atoms with Crippen LogP contribution in [-0.2, 0) is 0 Å². The van der Waals surface area contributed by atoms with Gasteiger partial charge >= 0.3 is 5.69 Å². The van der Waals surface area contributed by atoms with Crippen LogP contribution >= 0.6 is 0 Å². The average molecular weight is 391 g/mol. The Hall–Kier alpha value is -3.75. The van der Waals surface area contributed by atoms with Gasteiger partial charge < -0.3 is 10.2 Å². The lowest BCUT2D eigenvalue weighted by molar-refractivity contribution is -0.383. The summed E-state index contributed by atoms with van der Waals surface area (Å²) >= 11 is 0. The molecule has 0 spiro atoms. The van der Waals surface area contributed by atoms with Crippen LogP contribution in [0.5, 0.6) is 0 Å². The minimum absolute atomic E-state index is 0.131. The molecule has 1 aliphatic rings. The van der Waals surface area contributed by atoms with Crippen LogP contribution in [0.25, 0.3) is 12.2 Å². The van der Waals surface area contributed by atoms with E-state index in [1.165, 1.54) is 0 Å². The first kappa shape index (κ1) is 18.6. The van der Waals surface area contributed by atoms with E-state index in [0.29, 0.717) is 17.5 Å². The van der Waals surface area contributed by atoms with E-state index >= 15 is 0 Å². The minimum atomic E-state index is -0.430. The fraction of sp³-hybridized carbons (Fsp3) is 0.250. The number of benzene rings is 1. The van der Waals surface area contributed by atoms with Gasteiger partial charge in [0.2, 0.25) is 11.6 Å². The summed E-state index contributed by atoms with van der Waals surface area (Å²) in [5.41, 5.74) is 1.70. The lowest BCUT2D eigenvalue weighted by Gasteiger charge is -2.18. The smallest absolute Gasteiger partial charge is 0.351 e. The third kappa shape index (κ3) is 4.23. The largest absolute Gasteiger partial charge is 0.353 e. The molecule has 1 saturated heterocycles. The Bertz CT molecular complexity index is 1040. The maximum Gasteiger partial charge on any atom is 0.353 e. The molecule has 0 amide bonds. The predicted molar refractivity (Wildman–Crippen MR) is 112 cm³/mol. The molecule has 0 radical (unpaired) electrons. The van der Waals surface area contributed by atoms with Crippen LogP contribution in [-0.4, -0.2) is 38.2 Å². The first-order valence-electron chi connectivity index (χ1n) is 9.44. The number of anilines is 3. The normalized spacial score (nSPS) is 13.9.